The number of nitrogens with zero attached hydrogens (tertiary/aromatic N) is 2. The number of carbonyl (C=O) groups is 2. The maximum absolute atomic E-state index is 12.0. The summed E-state index contributed by atoms with van der Waals surface area (Å²) < 4.78 is 0. The number of nitriles is 1. The van der Waals surface area contributed by atoms with Gasteiger partial charge in [-0.25, -0.2) is 0 Å². The molecule has 1 aromatic rings. The maximum Gasteiger partial charge on any atom is 0.233 e. The number of likely N-dealkylation sites (tertiary alicyclic amines) is 1. The quantitative estimate of drug-likeness (QED) is 0.865. The minimum Gasteiger partial charge on any atom is -0.342 e. The molecule has 0 radical (unpaired) electrons. The van der Waals surface area contributed by atoms with Gasteiger partial charge in [-0.3, -0.25) is 9.59 Å². The standard InChI is InChI=1S/C16H19N3O2/c1-12-5-7-19(8-6-12)16(21)10-15(20)18-14-4-2-3-13(9-14)11-17/h2-4,9,12H,5-8,10H2,1H3,(H,18,20). The fraction of sp³-hybridized carbons (Fsp3) is 0.438. The van der Waals surface area contributed by atoms with Gasteiger partial charge in [0.25, 0.3) is 0 Å². The molecule has 0 unspecified atom stereocenters. The molecule has 0 aromatic heterocycles. The molecule has 1 aromatic carbocycles. The van der Waals surface area contributed by atoms with Crippen molar-refractivity contribution in [1.29, 1.82) is 5.26 Å². The third-order valence-electron chi connectivity index (χ3n) is 3.72. The number of piperidine rings is 1. The molecule has 1 aliphatic heterocycles. The zero-order valence-corrected chi connectivity index (χ0v) is 12.1. The SMILES string of the molecule is CC1CCN(C(=O)CC(=O)Nc2cccc(C#N)c2)CC1. The third kappa shape index (κ3) is 4.32. The van der Waals surface area contributed by atoms with Gasteiger partial charge in [0.1, 0.15) is 6.42 Å². The summed E-state index contributed by atoms with van der Waals surface area (Å²) >= 11 is 0. The van der Waals surface area contributed by atoms with E-state index in [4.69, 9.17) is 5.26 Å². The van der Waals surface area contributed by atoms with Gasteiger partial charge in [-0.1, -0.05) is 13.0 Å². The Kier molecular flexibility index (Phi) is 4.94. The number of nitrogens with one attached hydrogen (secondary N) is 1. The van der Waals surface area contributed by atoms with E-state index in [2.05, 4.69) is 12.2 Å². The second-order valence-corrected chi connectivity index (χ2v) is 5.48. The van der Waals surface area contributed by atoms with E-state index in [0.717, 1.165) is 25.9 Å². The Morgan fingerprint density at radius 2 is 2.10 bits per heavy atom. The molecular weight excluding hydrogens is 266 g/mol. The van der Waals surface area contributed by atoms with Crippen LogP contribution in [0, 0.1) is 17.2 Å². The van der Waals surface area contributed by atoms with Gasteiger partial charge in [-0.2, -0.15) is 5.26 Å². The topological polar surface area (TPSA) is 73.2 Å². The summed E-state index contributed by atoms with van der Waals surface area (Å²) in [6.45, 7) is 3.64. The molecule has 0 saturated carbocycles. The number of hydrogen-bond acceptors (Lipinski definition) is 3. The molecule has 110 valence electrons. The van der Waals surface area contributed by atoms with Crippen LogP contribution in [0.25, 0.3) is 0 Å². The number of anilines is 1. The van der Waals surface area contributed by atoms with Crippen LogP contribution in [-0.2, 0) is 9.59 Å². The second kappa shape index (κ2) is 6.89. The van der Waals surface area contributed by atoms with Gasteiger partial charge in [-0.05, 0) is 37.0 Å². The summed E-state index contributed by atoms with van der Waals surface area (Å²) in [4.78, 5) is 25.7. The van der Waals surface area contributed by atoms with Crippen LogP contribution in [0.4, 0.5) is 5.69 Å². The number of amides is 2. The molecule has 21 heavy (non-hydrogen) atoms. The number of hydrogen-bond donors (Lipinski definition) is 1. The van der Waals surface area contributed by atoms with E-state index in [9.17, 15) is 9.59 Å². The monoisotopic (exact) mass is 285 g/mol. The van der Waals surface area contributed by atoms with E-state index in [0.29, 0.717) is 17.2 Å². The molecule has 5 nitrogen and oxygen atoms in total. The van der Waals surface area contributed by atoms with Crippen molar-refractivity contribution in [2.75, 3.05) is 18.4 Å². The lowest BCUT2D eigenvalue weighted by atomic mass is 9.99. The fourth-order valence-corrected chi connectivity index (χ4v) is 2.38. The van der Waals surface area contributed by atoms with Crippen molar-refractivity contribution in [3.8, 4) is 6.07 Å². The second-order valence-electron chi connectivity index (χ2n) is 5.48. The van der Waals surface area contributed by atoms with Crippen LogP contribution in [0.2, 0.25) is 0 Å². The van der Waals surface area contributed by atoms with Crippen LogP contribution in [0.5, 0.6) is 0 Å². The Morgan fingerprint density at radius 3 is 2.76 bits per heavy atom. The first kappa shape index (κ1) is 15.0. The average molecular weight is 285 g/mol. The van der Waals surface area contributed by atoms with Crippen LogP contribution in [0.1, 0.15) is 31.7 Å². The molecule has 0 aliphatic carbocycles. The molecule has 0 atom stereocenters. The average Bonchev–Trinajstić information content (AvgIpc) is 2.47. The fourth-order valence-electron chi connectivity index (χ4n) is 2.38. The highest BCUT2D eigenvalue weighted by Gasteiger charge is 2.22. The van der Waals surface area contributed by atoms with E-state index in [1.165, 1.54) is 0 Å². The summed E-state index contributed by atoms with van der Waals surface area (Å²) in [5, 5.41) is 11.5. The Bertz CT molecular complexity index is 569. The van der Waals surface area contributed by atoms with Gasteiger partial charge in [-0.15, -0.1) is 0 Å². The lowest BCUT2D eigenvalue weighted by Crippen LogP contribution is -2.39. The van der Waals surface area contributed by atoms with Crippen molar-refractivity contribution in [3.63, 3.8) is 0 Å². The minimum absolute atomic E-state index is 0.129. The summed E-state index contributed by atoms with van der Waals surface area (Å²) in [5.41, 5.74) is 1.02. The van der Waals surface area contributed by atoms with E-state index in [1.807, 2.05) is 6.07 Å². The highest BCUT2D eigenvalue weighted by molar-refractivity contribution is 6.03. The highest BCUT2D eigenvalue weighted by Crippen LogP contribution is 2.17. The smallest absolute Gasteiger partial charge is 0.233 e. The largest absolute Gasteiger partial charge is 0.342 e. The van der Waals surface area contributed by atoms with Gasteiger partial charge < -0.3 is 10.2 Å². The molecule has 2 amide bonds. The summed E-state index contributed by atoms with van der Waals surface area (Å²) in [7, 11) is 0. The zero-order valence-electron chi connectivity index (χ0n) is 12.1. The molecule has 1 fully saturated rings. The van der Waals surface area contributed by atoms with Crippen molar-refractivity contribution in [2.24, 2.45) is 5.92 Å². The van der Waals surface area contributed by atoms with Crippen molar-refractivity contribution >= 4 is 17.5 Å². The normalized spacial score (nSPS) is 15.3. The van der Waals surface area contributed by atoms with Crippen molar-refractivity contribution in [2.45, 2.75) is 26.2 Å². The van der Waals surface area contributed by atoms with Crippen molar-refractivity contribution < 1.29 is 9.59 Å². The molecule has 1 saturated heterocycles. The van der Waals surface area contributed by atoms with Crippen LogP contribution < -0.4 is 5.32 Å². The van der Waals surface area contributed by atoms with Crippen LogP contribution in [0.3, 0.4) is 0 Å². The van der Waals surface area contributed by atoms with Crippen molar-refractivity contribution in [3.05, 3.63) is 29.8 Å². The third-order valence-corrected chi connectivity index (χ3v) is 3.72. The zero-order chi connectivity index (χ0) is 15.2. The van der Waals surface area contributed by atoms with Gasteiger partial charge in [0.2, 0.25) is 11.8 Å². The van der Waals surface area contributed by atoms with Crippen LogP contribution >= 0.6 is 0 Å². The highest BCUT2D eigenvalue weighted by atomic mass is 16.2. The van der Waals surface area contributed by atoms with E-state index >= 15 is 0 Å². The van der Waals surface area contributed by atoms with E-state index in [-0.39, 0.29) is 18.2 Å². The molecule has 1 heterocycles. The predicted molar refractivity (Wildman–Crippen MR) is 79.4 cm³/mol. The Morgan fingerprint density at radius 1 is 1.38 bits per heavy atom. The van der Waals surface area contributed by atoms with E-state index in [1.54, 1.807) is 29.2 Å². The van der Waals surface area contributed by atoms with Crippen molar-refractivity contribution in [1.82, 2.24) is 4.90 Å². The molecular formula is C16H19N3O2. The van der Waals surface area contributed by atoms with Gasteiger partial charge in [0.15, 0.2) is 0 Å². The molecule has 0 spiro atoms. The lowest BCUT2D eigenvalue weighted by molar-refractivity contribution is -0.135. The molecule has 1 aliphatic rings. The Balaban J connectivity index is 1.86. The van der Waals surface area contributed by atoms with Gasteiger partial charge in [0.05, 0.1) is 11.6 Å². The molecule has 2 rings (SSSR count). The molecule has 0 bridgehead atoms. The predicted octanol–water partition coefficient (Wildman–Crippen LogP) is 2.15. The van der Waals surface area contributed by atoms with Crippen LogP contribution in [-0.4, -0.2) is 29.8 Å². The maximum atomic E-state index is 12.0. The Labute approximate surface area is 124 Å². The first-order chi connectivity index (χ1) is 10.1. The first-order valence-electron chi connectivity index (χ1n) is 7.16. The van der Waals surface area contributed by atoms with Crippen LogP contribution in [0.15, 0.2) is 24.3 Å². The minimum atomic E-state index is -0.339. The van der Waals surface area contributed by atoms with Gasteiger partial charge in [0, 0.05) is 18.8 Å². The molecule has 1 N–H and O–H groups in total. The summed E-state index contributed by atoms with van der Waals surface area (Å²) in [5.74, 6) is 0.182. The number of rotatable bonds is 3. The number of carbonyl (C=O) groups excluding carboxylic acids is 2. The lowest BCUT2D eigenvalue weighted by Gasteiger charge is -2.30. The molecule has 5 heteroatoms. The van der Waals surface area contributed by atoms with Gasteiger partial charge >= 0.3 is 0 Å². The number of benzene rings is 1. The first-order valence-corrected chi connectivity index (χ1v) is 7.16. The Hall–Kier alpha value is -2.35. The van der Waals surface area contributed by atoms with E-state index < -0.39 is 0 Å². The summed E-state index contributed by atoms with van der Waals surface area (Å²) in [6.07, 6.45) is 1.85. The summed E-state index contributed by atoms with van der Waals surface area (Å²) in [6, 6.07) is 8.66.